The highest BCUT2D eigenvalue weighted by Gasteiger charge is 2.34. The van der Waals surface area contributed by atoms with Crippen molar-refractivity contribution in [2.24, 2.45) is 0 Å². The normalized spacial score (nSPS) is 11.7. The molecule has 0 aliphatic heterocycles. The average Bonchev–Trinajstić information content (AvgIpc) is 3.09. The highest BCUT2D eigenvalue weighted by atomic mass is 35.5. The molecule has 0 aliphatic rings. The number of aromatic amines is 2. The van der Waals surface area contributed by atoms with E-state index in [1.807, 2.05) is 0 Å². The molecule has 0 saturated heterocycles. The van der Waals surface area contributed by atoms with E-state index >= 15 is 0 Å². The molecular weight excluding hydrogens is 737 g/mol. The predicted molar refractivity (Wildman–Crippen MR) is 183 cm³/mol. The van der Waals surface area contributed by atoms with E-state index in [0.717, 1.165) is 12.1 Å². The van der Waals surface area contributed by atoms with Gasteiger partial charge in [0, 0.05) is 34.7 Å². The van der Waals surface area contributed by atoms with Crippen LogP contribution in [0.25, 0.3) is 21.5 Å². The van der Waals surface area contributed by atoms with Gasteiger partial charge in [0.15, 0.2) is 21.9 Å². The molecule has 268 valence electrons. The number of nitrogens with one attached hydrogen (secondary N) is 2. The molecule has 0 aliphatic carbocycles. The Morgan fingerprint density at radius 2 is 1.00 bits per heavy atom. The molecule has 0 amide bonds. The van der Waals surface area contributed by atoms with Crippen LogP contribution in [0.5, 0.6) is 0 Å². The van der Waals surface area contributed by atoms with Crippen molar-refractivity contribution in [2.75, 3.05) is 0 Å². The van der Waals surface area contributed by atoms with Gasteiger partial charge in [-0.25, -0.2) is 10.2 Å². The largest absolute Gasteiger partial charge is 0.416 e. The quantitative estimate of drug-likeness (QED) is 0.129. The van der Waals surface area contributed by atoms with Crippen LogP contribution >= 0.6 is 23.2 Å². The number of ketones is 2. The van der Waals surface area contributed by atoms with Gasteiger partial charge < -0.3 is 0 Å². The van der Waals surface area contributed by atoms with Crippen molar-refractivity contribution in [3.05, 3.63) is 148 Å². The van der Waals surface area contributed by atoms with Crippen molar-refractivity contribution in [1.82, 2.24) is 20.4 Å². The number of hydrogen-bond acceptors (Lipinski definition) is 6. The number of fused-ring (bicyclic) bond motifs is 2. The summed E-state index contributed by atoms with van der Waals surface area (Å²) >= 11 is 11.8. The molecule has 6 aromatic rings. The summed E-state index contributed by atoms with van der Waals surface area (Å²) in [6.45, 7) is 2.67. The number of rotatable bonds is 6. The maximum absolute atomic E-state index is 13.0. The number of H-pyrrole nitrogens is 2. The third-order valence-electron chi connectivity index (χ3n) is 8.33. The van der Waals surface area contributed by atoms with Crippen LogP contribution in [-0.2, 0) is 25.2 Å². The highest BCUT2D eigenvalue weighted by Crippen LogP contribution is 2.34. The van der Waals surface area contributed by atoms with Gasteiger partial charge in [-0.05, 0) is 66.4 Å². The Hall–Kier alpha value is -5.34. The lowest BCUT2D eigenvalue weighted by atomic mass is 9.95. The van der Waals surface area contributed by atoms with Gasteiger partial charge in [-0.3, -0.25) is 19.2 Å². The van der Waals surface area contributed by atoms with Crippen LogP contribution < -0.4 is 11.1 Å². The van der Waals surface area contributed by atoms with Gasteiger partial charge in [0.25, 0.3) is 11.1 Å². The van der Waals surface area contributed by atoms with Crippen molar-refractivity contribution in [3.63, 3.8) is 0 Å². The van der Waals surface area contributed by atoms with Crippen LogP contribution in [0.4, 0.5) is 26.3 Å². The minimum Gasteiger partial charge on any atom is -0.294 e. The Bertz CT molecular complexity index is 2490. The molecule has 2 N–H and O–H groups in total. The second kappa shape index (κ2) is 14.7. The van der Waals surface area contributed by atoms with E-state index in [-0.39, 0.29) is 67.5 Å². The second-order valence-corrected chi connectivity index (χ2v) is 12.3. The van der Waals surface area contributed by atoms with Gasteiger partial charge >= 0.3 is 12.4 Å². The fourth-order valence-corrected chi connectivity index (χ4v) is 5.93. The van der Waals surface area contributed by atoms with E-state index in [2.05, 4.69) is 20.4 Å². The van der Waals surface area contributed by atoms with Crippen molar-refractivity contribution in [1.29, 1.82) is 0 Å². The zero-order valence-electron chi connectivity index (χ0n) is 26.9. The lowest BCUT2D eigenvalue weighted by Crippen LogP contribution is -2.12. The van der Waals surface area contributed by atoms with E-state index in [1.54, 1.807) is 0 Å². The molecule has 2 aromatic heterocycles. The van der Waals surface area contributed by atoms with Crippen LogP contribution in [0.15, 0.2) is 82.4 Å². The summed E-state index contributed by atoms with van der Waals surface area (Å²) in [6.07, 6.45) is -9.37. The number of carbonyl (C=O) groups excluding carboxylic acids is 2. The number of halogens is 8. The van der Waals surface area contributed by atoms with E-state index in [9.17, 15) is 45.5 Å². The third kappa shape index (κ3) is 8.08. The molecule has 6 rings (SSSR count). The topological polar surface area (TPSA) is 126 Å². The standard InChI is InChI=1S/2C18H12ClF3N2O2/c1-9-10(3-2-4-14(9)18(20,21)22)8-15(25)11-5-6-12-13(7-11)16(19)23-24-17(12)26;1-9-10(3-2-4-14(9)18(20,21)22)8-15(25)11-5-6-12-13(7-11)17(26)24-23-16(12)19/h2*2-7H,8H2,1H3,(H,24,26). The number of carbonyl (C=O) groups is 2. The second-order valence-electron chi connectivity index (χ2n) is 11.6. The number of alkyl halides is 6. The Kier molecular flexibility index (Phi) is 10.7. The fourth-order valence-electron chi connectivity index (χ4n) is 5.53. The van der Waals surface area contributed by atoms with E-state index < -0.39 is 40.4 Å². The number of nitrogens with zero attached hydrogens (tertiary/aromatic N) is 2. The van der Waals surface area contributed by atoms with Gasteiger partial charge in [-0.15, -0.1) is 0 Å². The first-order valence-corrected chi connectivity index (χ1v) is 15.9. The van der Waals surface area contributed by atoms with E-state index in [0.29, 0.717) is 16.3 Å². The Morgan fingerprint density at radius 3 is 1.46 bits per heavy atom. The van der Waals surface area contributed by atoms with Gasteiger partial charge in [-0.1, -0.05) is 65.7 Å². The van der Waals surface area contributed by atoms with Gasteiger partial charge in [0.1, 0.15) is 0 Å². The van der Waals surface area contributed by atoms with Crippen LogP contribution in [0.3, 0.4) is 0 Å². The zero-order valence-corrected chi connectivity index (χ0v) is 28.4. The summed E-state index contributed by atoms with van der Waals surface area (Å²) in [4.78, 5) is 48.6. The summed E-state index contributed by atoms with van der Waals surface area (Å²) in [5, 5.41) is 13.0. The first kappa shape index (κ1) is 37.9. The van der Waals surface area contributed by atoms with Crippen molar-refractivity contribution >= 4 is 56.3 Å². The summed E-state index contributed by atoms with van der Waals surface area (Å²) in [7, 11) is 0. The fraction of sp³-hybridized carbons (Fsp3) is 0.167. The Labute approximate surface area is 299 Å². The van der Waals surface area contributed by atoms with Crippen molar-refractivity contribution in [2.45, 2.75) is 39.0 Å². The molecule has 0 atom stereocenters. The summed E-state index contributed by atoms with van der Waals surface area (Å²) < 4.78 is 78.0. The molecular formula is C36H24Cl2F6N4O4. The lowest BCUT2D eigenvalue weighted by Gasteiger charge is -2.13. The summed E-state index contributed by atoms with van der Waals surface area (Å²) in [5.74, 6) is -0.785. The molecule has 8 nitrogen and oxygen atoms in total. The maximum atomic E-state index is 13.0. The lowest BCUT2D eigenvalue weighted by molar-refractivity contribution is -0.138. The monoisotopic (exact) mass is 760 g/mol. The number of hydrogen-bond donors (Lipinski definition) is 2. The highest BCUT2D eigenvalue weighted by molar-refractivity contribution is 6.34. The number of Topliss-reactive ketones (excluding diaryl/α,β-unsaturated/α-hetero) is 2. The molecule has 52 heavy (non-hydrogen) atoms. The minimum absolute atomic E-state index is 0.0132. The first-order valence-electron chi connectivity index (χ1n) is 15.1. The Morgan fingerprint density at radius 1 is 0.596 bits per heavy atom. The summed E-state index contributed by atoms with van der Waals surface area (Å²) in [5.41, 5.74) is -1.43. The SMILES string of the molecule is Cc1c(CC(=O)c2ccc3c(=O)[nH]nc(Cl)c3c2)cccc1C(F)(F)F.Cc1c(CC(=O)c2ccc3c(Cl)n[nH]c(=O)c3c2)cccc1C(F)(F)F. The zero-order chi connectivity index (χ0) is 38.1. The molecule has 0 radical (unpaired) electrons. The first-order chi connectivity index (χ1) is 24.4. The van der Waals surface area contributed by atoms with Gasteiger partial charge in [0.05, 0.1) is 21.9 Å². The molecule has 0 unspecified atom stereocenters. The number of aromatic nitrogens is 4. The van der Waals surface area contributed by atoms with E-state index in [4.69, 9.17) is 23.2 Å². The van der Waals surface area contributed by atoms with Crippen molar-refractivity contribution in [3.8, 4) is 0 Å². The molecule has 0 bridgehead atoms. The van der Waals surface area contributed by atoms with Gasteiger partial charge in [-0.2, -0.15) is 36.5 Å². The van der Waals surface area contributed by atoms with Crippen LogP contribution in [0, 0.1) is 13.8 Å². The van der Waals surface area contributed by atoms with Crippen molar-refractivity contribution < 1.29 is 35.9 Å². The molecule has 2 heterocycles. The average molecular weight is 762 g/mol. The van der Waals surface area contributed by atoms with E-state index in [1.165, 1.54) is 74.5 Å². The smallest absolute Gasteiger partial charge is 0.294 e. The molecule has 4 aromatic carbocycles. The molecule has 0 spiro atoms. The molecule has 16 heteroatoms. The predicted octanol–water partition coefficient (Wildman–Crippen LogP) is 8.66. The number of benzene rings is 4. The molecule has 0 fully saturated rings. The van der Waals surface area contributed by atoms with Gasteiger partial charge in [0.2, 0.25) is 0 Å². The minimum atomic E-state index is -4.48. The van der Waals surface area contributed by atoms with Crippen LogP contribution in [0.2, 0.25) is 10.3 Å². The third-order valence-corrected chi connectivity index (χ3v) is 8.91. The Balaban J connectivity index is 0.000000201. The van der Waals surface area contributed by atoms with Crippen LogP contribution in [0.1, 0.15) is 54.1 Å². The summed E-state index contributed by atoms with van der Waals surface area (Å²) in [6, 6.07) is 16.1. The van der Waals surface area contributed by atoms with Crippen LogP contribution in [-0.4, -0.2) is 32.0 Å². The maximum Gasteiger partial charge on any atom is 0.416 e. The molecule has 0 saturated carbocycles.